The summed E-state index contributed by atoms with van der Waals surface area (Å²) in [6.07, 6.45) is 9.99. The number of rotatable bonds is 4. The Morgan fingerprint density at radius 1 is 0.431 bits per heavy atom. The van der Waals surface area contributed by atoms with Crippen LogP contribution in [-0.2, 0) is 0 Å². The molecule has 0 spiro atoms. The SMILES string of the molecule is C1=CCC(n2c3ccccc3c3cccc(-c4ccc5c(c4)c4ccccc4n5-c4cc(-c5cccc6c5sc5ccccc56)c5sc6ccccc6c5c4)c32)C=C1. The van der Waals surface area contributed by atoms with Gasteiger partial charge >= 0.3 is 0 Å². The minimum atomic E-state index is 0.259. The summed E-state index contributed by atoms with van der Waals surface area (Å²) in [5, 5.41) is 10.4. The Hall–Kier alpha value is -6.72. The third-order valence-corrected chi connectivity index (χ3v) is 14.9. The molecule has 1 aliphatic carbocycles. The first-order chi connectivity index (χ1) is 28.8. The molecule has 272 valence electrons. The van der Waals surface area contributed by atoms with E-state index in [1.807, 2.05) is 22.7 Å². The molecule has 4 heterocycles. The third kappa shape index (κ3) is 4.59. The smallest absolute Gasteiger partial charge is 0.0576 e. The van der Waals surface area contributed by atoms with Crippen molar-refractivity contribution in [2.45, 2.75) is 12.5 Å². The zero-order valence-corrected chi connectivity index (χ0v) is 33.0. The predicted molar refractivity (Wildman–Crippen MR) is 252 cm³/mol. The summed E-state index contributed by atoms with van der Waals surface area (Å²) in [5.74, 6) is 0. The summed E-state index contributed by atoms with van der Waals surface area (Å²) >= 11 is 3.82. The lowest BCUT2D eigenvalue weighted by molar-refractivity contribution is 0.648. The Balaban J connectivity index is 1.08. The fourth-order valence-corrected chi connectivity index (χ4v) is 12.4. The molecule has 0 N–H and O–H groups in total. The molecular weight excluding hydrogens is 741 g/mol. The summed E-state index contributed by atoms with van der Waals surface area (Å²) in [7, 11) is 0. The summed E-state index contributed by atoms with van der Waals surface area (Å²) in [4.78, 5) is 0. The largest absolute Gasteiger partial charge is 0.333 e. The van der Waals surface area contributed by atoms with Crippen molar-refractivity contribution in [1.82, 2.24) is 9.13 Å². The van der Waals surface area contributed by atoms with Crippen molar-refractivity contribution < 1.29 is 0 Å². The van der Waals surface area contributed by atoms with Crippen molar-refractivity contribution in [1.29, 1.82) is 0 Å². The van der Waals surface area contributed by atoms with Gasteiger partial charge in [0, 0.05) is 89.8 Å². The molecule has 12 aromatic rings. The molecule has 4 aromatic heterocycles. The van der Waals surface area contributed by atoms with Gasteiger partial charge in [0.1, 0.15) is 0 Å². The van der Waals surface area contributed by atoms with Gasteiger partial charge in [-0.2, -0.15) is 0 Å². The van der Waals surface area contributed by atoms with Gasteiger partial charge in [-0.15, -0.1) is 22.7 Å². The Morgan fingerprint density at radius 3 is 1.83 bits per heavy atom. The van der Waals surface area contributed by atoms with Gasteiger partial charge in [0.25, 0.3) is 0 Å². The normalized spacial score (nSPS) is 14.5. The van der Waals surface area contributed by atoms with Crippen LogP contribution in [-0.4, -0.2) is 9.13 Å². The molecule has 0 bridgehead atoms. The van der Waals surface area contributed by atoms with Crippen LogP contribution in [0, 0.1) is 0 Å². The van der Waals surface area contributed by atoms with Gasteiger partial charge in [0.05, 0.1) is 22.6 Å². The molecule has 58 heavy (non-hydrogen) atoms. The first kappa shape index (κ1) is 32.4. The molecule has 4 heteroatoms. The minimum absolute atomic E-state index is 0.259. The van der Waals surface area contributed by atoms with E-state index in [1.54, 1.807) is 0 Å². The number of para-hydroxylation sites is 3. The Morgan fingerprint density at radius 2 is 1.05 bits per heavy atom. The van der Waals surface area contributed by atoms with Gasteiger partial charge in [-0.3, -0.25) is 0 Å². The number of aromatic nitrogens is 2. The van der Waals surface area contributed by atoms with E-state index in [4.69, 9.17) is 0 Å². The Labute approximate surface area is 342 Å². The lowest BCUT2D eigenvalue weighted by Gasteiger charge is -2.20. The van der Waals surface area contributed by atoms with Crippen LogP contribution in [0.5, 0.6) is 0 Å². The number of fused-ring (bicyclic) bond motifs is 12. The van der Waals surface area contributed by atoms with Crippen molar-refractivity contribution in [3.8, 4) is 27.9 Å². The van der Waals surface area contributed by atoms with Gasteiger partial charge in [-0.25, -0.2) is 0 Å². The van der Waals surface area contributed by atoms with E-state index in [1.165, 1.54) is 112 Å². The number of hydrogen-bond acceptors (Lipinski definition) is 2. The van der Waals surface area contributed by atoms with E-state index in [-0.39, 0.29) is 6.04 Å². The van der Waals surface area contributed by atoms with Gasteiger partial charge in [-0.1, -0.05) is 140 Å². The molecule has 1 unspecified atom stereocenters. The second-order valence-corrected chi connectivity index (χ2v) is 17.6. The van der Waals surface area contributed by atoms with Crippen molar-refractivity contribution in [3.63, 3.8) is 0 Å². The minimum Gasteiger partial charge on any atom is -0.333 e. The van der Waals surface area contributed by atoms with Crippen molar-refractivity contribution in [2.24, 2.45) is 0 Å². The van der Waals surface area contributed by atoms with E-state index in [0.29, 0.717) is 0 Å². The second kappa shape index (κ2) is 12.4. The average Bonchev–Trinajstić information content (AvgIpc) is 4.04. The standard InChI is InChI=1S/C54H34N2S2/c1-2-14-34(15-3-1)56-48-25-9-4-16-37(48)41-21-12-20-36(52(41)56)33-28-29-49-44(30-33)38-17-5-8-24-47(38)55(49)35-31-45-40-19-7-11-27-51(40)58-54(45)46(32-35)43-23-13-22-42-39-18-6-10-26-50(39)57-53(42)43/h1-14,16-32,34H,15H2. The quantitative estimate of drug-likeness (QED) is 0.169. The topological polar surface area (TPSA) is 9.86 Å². The molecule has 0 saturated heterocycles. The van der Waals surface area contributed by atoms with E-state index in [9.17, 15) is 0 Å². The van der Waals surface area contributed by atoms with Crippen LogP contribution in [0.3, 0.4) is 0 Å². The monoisotopic (exact) mass is 774 g/mol. The highest BCUT2D eigenvalue weighted by atomic mass is 32.1. The maximum atomic E-state index is 2.58. The van der Waals surface area contributed by atoms with Gasteiger partial charge in [-0.05, 0) is 60.5 Å². The van der Waals surface area contributed by atoms with Crippen molar-refractivity contribution in [3.05, 3.63) is 188 Å². The van der Waals surface area contributed by atoms with Crippen LogP contribution in [0.2, 0.25) is 0 Å². The predicted octanol–water partition coefficient (Wildman–Crippen LogP) is 16.0. The molecule has 2 nitrogen and oxygen atoms in total. The van der Waals surface area contributed by atoms with E-state index >= 15 is 0 Å². The molecule has 0 fully saturated rings. The van der Waals surface area contributed by atoms with E-state index < -0.39 is 0 Å². The average molecular weight is 775 g/mol. The van der Waals surface area contributed by atoms with Gasteiger partial charge in [0.15, 0.2) is 0 Å². The van der Waals surface area contributed by atoms with Crippen LogP contribution in [0.15, 0.2) is 188 Å². The number of hydrogen-bond donors (Lipinski definition) is 0. The number of thiophene rings is 2. The maximum Gasteiger partial charge on any atom is 0.0576 e. The summed E-state index contributed by atoms with van der Waals surface area (Å²) < 4.78 is 10.4. The highest BCUT2D eigenvalue weighted by molar-refractivity contribution is 7.27. The highest BCUT2D eigenvalue weighted by Crippen LogP contribution is 2.48. The van der Waals surface area contributed by atoms with Crippen LogP contribution in [0.1, 0.15) is 12.5 Å². The summed E-state index contributed by atoms with van der Waals surface area (Å²) in [6.45, 7) is 0. The zero-order valence-electron chi connectivity index (χ0n) is 31.4. The molecule has 13 rings (SSSR count). The molecular formula is C54H34N2S2. The molecule has 1 aliphatic rings. The van der Waals surface area contributed by atoms with Gasteiger partial charge < -0.3 is 9.13 Å². The molecule has 1 atom stereocenters. The maximum absolute atomic E-state index is 2.58. The summed E-state index contributed by atoms with van der Waals surface area (Å²) in [5.41, 5.74) is 11.3. The van der Waals surface area contributed by atoms with Gasteiger partial charge in [0.2, 0.25) is 0 Å². The summed E-state index contributed by atoms with van der Waals surface area (Å²) in [6, 6.07) is 61.6. The van der Waals surface area contributed by atoms with Crippen LogP contribution in [0.25, 0.3) is 112 Å². The highest BCUT2D eigenvalue weighted by Gasteiger charge is 2.22. The fourth-order valence-electron chi connectivity index (χ4n) is 9.91. The molecule has 8 aromatic carbocycles. The first-order valence-corrected chi connectivity index (χ1v) is 21.7. The molecule has 0 aliphatic heterocycles. The molecule has 0 saturated carbocycles. The van der Waals surface area contributed by atoms with Crippen molar-refractivity contribution >= 4 is 107 Å². The van der Waals surface area contributed by atoms with Crippen LogP contribution >= 0.6 is 22.7 Å². The third-order valence-electron chi connectivity index (χ3n) is 12.4. The Bertz CT molecular complexity index is 3730. The lowest BCUT2D eigenvalue weighted by atomic mass is 9.99. The zero-order chi connectivity index (χ0) is 37.9. The van der Waals surface area contributed by atoms with E-state index in [0.717, 1.165) is 6.42 Å². The second-order valence-electron chi connectivity index (χ2n) is 15.5. The Kier molecular flexibility index (Phi) is 6.91. The molecule has 0 radical (unpaired) electrons. The van der Waals surface area contributed by atoms with Crippen LogP contribution < -0.4 is 0 Å². The fraction of sp³-hybridized carbons (Fsp3) is 0.0370. The van der Waals surface area contributed by atoms with E-state index in [2.05, 4.69) is 197 Å². The lowest BCUT2D eigenvalue weighted by Crippen LogP contribution is -2.07. The number of benzene rings is 8. The van der Waals surface area contributed by atoms with Crippen molar-refractivity contribution in [2.75, 3.05) is 0 Å². The number of nitrogens with zero attached hydrogens (tertiary/aromatic N) is 2. The molecule has 0 amide bonds. The number of allylic oxidation sites excluding steroid dienone is 4. The van der Waals surface area contributed by atoms with Crippen LogP contribution in [0.4, 0.5) is 0 Å². The first-order valence-electron chi connectivity index (χ1n) is 20.0.